The lowest BCUT2D eigenvalue weighted by atomic mass is 10.1. The molecule has 0 fully saturated rings. The molecule has 8 nitrogen and oxygen atoms in total. The van der Waals surface area contributed by atoms with Crippen molar-refractivity contribution in [1.82, 2.24) is 19.9 Å². The van der Waals surface area contributed by atoms with E-state index in [9.17, 15) is 4.79 Å². The molecule has 0 bridgehead atoms. The second kappa shape index (κ2) is 10.1. The number of carbonyl (C=O) groups excluding carboxylic acids is 1. The standard InChI is InChI=1S/C23H23N5O3S/c1-3-30-19-11-9-18(10-12-19)28-20(14-17-7-5-4-6-8-17)25-26-23(28)32-15-21(29)24-22-13-16(2)27-31-22/h4-13H,3,14-15H2,1-2H3,(H,24,29). The third-order valence-electron chi connectivity index (χ3n) is 4.53. The van der Waals surface area contributed by atoms with E-state index in [1.54, 1.807) is 13.0 Å². The topological polar surface area (TPSA) is 95.1 Å². The van der Waals surface area contributed by atoms with Gasteiger partial charge in [-0.15, -0.1) is 10.2 Å². The van der Waals surface area contributed by atoms with Gasteiger partial charge in [-0.3, -0.25) is 14.7 Å². The van der Waals surface area contributed by atoms with E-state index in [0.29, 0.717) is 29.8 Å². The molecule has 32 heavy (non-hydrogen) atoms. The van der Waals surface area contributed by atoms with Crippen molar-refractivity contribution in [3.63, 3.8) is 0 Å². The molecule has 0 aliphatic carbocycles. The lowest BCUT2D eigenvalue weighted by Crippen LogP contribution is -2.14. The molecule has 2 aromatic heterocycles. The summed E-state index contributed by atoms with van der Waals surface area (Å²) in [6, 6.07) is 19.5. The Morgan fingerprint density at radius 2 is 1.91 bits per heavy atom. The van der Waals surface area contributed by atoms with Crippen LogP contribution < -0.4 is 10.1 Å². The van der Waals surface area contributed by atoms with E-state index in [1.807, 2.05) is 54.0 Å². The second-order valence-electron chi connectivity index (χ2n) is 6.99. The molecule has 164 valence electrons. The Bertz CT molecular complexity index is 1170. The summed E-state index contributed by atoms with van der Waals surface area (Å²) in [5.41, 5.74) is 2.73. The van der Waals surface area contributed by atoms with E-state index < -0.39 is 0 Å². The van der Waals surface area contributed by atoms with Crippen LogP contribution in [0, 0.1) is 6.92 Å². The highest BCUT2D eigenvalue weighted by atomic mass is 32.2. The maximum Gasteiger partial charge on any atom is 0.237 e. The van der Waals surface area contributed by atoms with Gasteiger partial charge in [0.1, 0.15) is 11.6 Å². The van der Waals surface area contributed by atoms with Gasteiger partial charge in [-0.25, -0.2) is 0 Å². The lowest BCUT2D eigenvalue weighted by molar-refractivity contribution is -0.113. The normalized spacial score (nSPS) is 10.8. The fourth-order valence-corrected chi connectivity index (χ4v) is 3.90. The van der Waals surface area contributed by atoms with E-state index in [-0.39, 0.29) is 11.7 Å². The minimum atomic E-state index is -0.211. The molecule has 1 amide bonds. The number of nitrogens with one attached hydrogen (secondary N) is 1. The van der Waals surface area contributed by atoms with Crippen molar-refractivity contribution >= 4 is 23.6 Å². The summed E-state index contributed by atoms with van der Waals surface area (Å²) >= 11 is 1.31. The predicted octanol–water partition coefficient (Wildman–Crippen LogP) is 4.28. The van der Waals surface area contributed by atoms with Crippen molar-refractivity contribution < 1.29 is 14.1 Å². The summed E-state index contributed by atoms with van der Waals surface area (Å²) in [5, 5.41) is 15.9. The molecule has 2 heterocycles. The number of amides is 1. The van der Waals surface area contributed by atoms with Crippen LogP contribution in [0.1, 0.15) is 24.0 Å². The zero-order valence-corrected chi connectivity index (χ0v) is 18.6. The zero-order chi connectivity index (χ0) is 22.3. The number of ether oxygens (including phenoxy) is 1. The van der Waals surface area contributed by atoms with Crippen molar-refractivity contribution in [3.05, 3.63) is 77.7 Å². The van der Waals surface area contributed by atoms with Crippen molar-refractivity contribution in [3.8, 4) is 11.4 Å². The number of thioether (sulfide) groups is 1. The van der Waals surface area contributed by atoms with E-state index in [4.69, 9.17) is 9.26 Å². The van der Waals surface area contributed by atoms with Gasteiger partial charge in [-0.1, -0.05) is 47.3 Å². The van der Waals surface area contributed by atoms with E-state index in [2.05, 4.69) is 32.8 Å². The smallest absolute Gasteiger partial charge is 0.237 e. The predicted molar refractivity (Wildman–Crippen MR) is 122 cm³/mol. The molecule has 0 unspecified atom stereocenters. The molecular formula is C23H23N5O3S. The van der Waals surface area contributed by atoms with Gasteiger partial charge in [0.15, 0.2) is 5.16 Å². The summed E-state index contributed by atoms with van der Waals surface area (Å²) in [7, 11) is 0. The van der Waals surface area contributed by atoms with Crippen LogP contribution in [0.2, 0.25) is 0 Å². The second-order valence-corrected chi connectivity index (χ2v) is 7.94. The van der Waals surface area contributed by atoms with Crippen LogP contribution in [-0.2, 0) is 11.2 Å². The maximum absolute atomic E-state index is 12.4. The first-order chi connectivity index (χ1) is 15.6. The minimum absolute atomic E-state index is 0.153. The van der Waals surface area contributed by atoms with Crippen LogP contribution in [0.4, 0.5) is 5.88 Å². The van der Waals surface area contributed by atoms with Crippen molar-refractivity contribution in [2.75, 3.05) is 17.7 Å². The van der Waals surface area contributed by atoms with Crippen LogP contribution in [0.15, 0.2) is 70.3 Å². The van der Waals surface area contributed by atoms with Gasteiger partial charge >= 0.3 is 0 Å². The van der Waals surface area contributed by atoms with Gasteiger partial charge in [0.2, 0.25) is 11.8 Å². The van der Waals surface area contributed by atoms with E-state index in [0.717, 1.165) is 22.8 Å². The minimum Gasteiger partial charge on any atom is -0.494 e. The number of hydrogen-bond donors (Lipinski definition) is 1. The Morgan fingerprint density at radius 1 is 1.12 bits per heavy atom. The number of hydrogen-bond acceptors (Lipinski definition) is 7. The third kappa shape index (κ3) is 5.36. The average molecular weight is 450 g/mol. The maximum atomic E-state index is 12.4. The SMILES string of the molecule is CCOc1ccc(-n2c(Cc3ccccc3)nnc2SCC(=O)Nc2cc(C)no2)cc1. The van der Waals surface area contributed by atoms with Gasteiger partial charge in [-0.2, -0.15) is 0 Å². The summed E-state index contributed by atoms with van der Waals surface area (Å²) in [6.45, 7) is 4.35. The molecule has 9 heteroatoms. The lowest BCUT2D eigenvalue weighted by Gasteiger charge is -2.11. The largest absolute Gasteiger partial charge is 0.494 e. The van der Waals surface area contributed by atoms with Crippen molar-refractivity contribution in [2.24, 2.45) is 0 Å². The van der Waals surface area contributed by atoms with E-state index in [1.165, 1.54) is 11.8 Å². The van der Waals surface area contributed by atoms with Gasteiger partial charge in [0, 0.05) is 18.2 Å². The zero-order valence-electron chi connectivity index (χ0n) is 17.8. The fraction of sp³-hybridized carbons (Fsp3) is 0.217. The Hall–Kier alpha value is -3.59. The fourth-order valence-electron chi connectivity index (χ4n) is 3.13. The van der Waals surface area contributed by atoms with Crippen LogP contribution in [0.5, 0.6) is 5.75 Å². The number of aryl methyl sites for hydroxylation is 1. The molecule has 0 atom stereocenters. The number of anilines is 1. The highest BCUT2D eigenvalue weighted by Gasteiger charge is 2.17. The van der Waals surface area contributed by atoms with Crippen LogP contribution in [-0.4, -0.2) is 38.2 Å². The highest BCUT2D eigenvalue weighted by molar-refractivity contribution is 7.99. The number of benzene rings is 2. The molecule has 0 aliphatic heterocycles. The Balaban J connectivity index is 1.56. The Morgan fingerprint density at radius 3 is 2.59 bits per heavy atom. The summed E-state index contributed by atoms with van der Waals surface area (Å²) in [4.78, 5) is 12.4. The number of nitrogens with zero attached hydrogens (tertiary/aromatic N) is 4. The average Bonchev–Trinajstić information content (AvgIpc) is 3.39. The van der Waals surface area contributed by atoms with Crippen molar-refractivity contribution in [1.29, 1.82) is 0 Å². The molecule has 4 aromatic rings. The number of carbonyl (C=O) groups is 1. The third-order valence-corrected chi connectivity index (χ3v) is 5.46. The van der Waals surface area contributed by atoms with Crippen molar-refractivity contribution in [2.45, 2.75) is 25.4 Å². The molecule has 0 spiro atoms. The van der Waals surface area contributed by atoms with E-state index >= 15 is 0 Å². The first-order valence-corrected chi connectivity index (χ1v) is 11.2. The van der Waals surface area contributed by atoms with Gasteiger partial charge in [0.25, 0.3) is 0 Å². The number of rotatable bonds is 9. The van der Waals surface area contributed by atoms with Gasteiger partial charge in [0.05, 0.1) is 18.1 Å². The van der Waals surface area contributed by atoms with Gasteiger partial charge < -0.3 is 9.26 Å². The summed E-state index contributed by atoms with van der Waals surface area (Å²) in [6.07, 6.45) is 0.616. The molecular weight excluding hydrogens is 426 g/mol. The Kier molecular flexibility index (Phi) is 6.86. The molecule has 0 saturated heterocycles. The molecule has 1 N–H and O–H groups in total. The first-order valence-electron chi connectivity index (χ1n) is 10.2. The molecule has 4 rings (SSSR count). The Labute approximate surface area is 190 Å². The highest BCUT2D eigenvalue weighted by Crippen LogP contribution is 2.25. The number of aromatic nitrogens is 4. The van der Waals surface area contributed by atoms with Crippen LogP contribution in [0.25, 0.3) is 5.69 Å². The molecule has 0 saturated carbocycles. The molecule has 0 aliphatic rings. The van der Waals surface area contributed by atoms with Gasteiger partial charge in [-0.05, 0) is 43.7 Å². The monoisotopic (exact) mass is 449 g/mol. The summed E-state index contributed by atoms with van der Waals surface area (Å²) in [5.74, 6) is 1.85. The summed E-state index contributed by atoms with van der Waals surface area (Å²) < 4.78 is 12.6. The molecule has 2 aromatic carbocycles. The quantitative estimate of drug-likeness (QED) is 0.381. The van der Waals surface area contributed by atoms with Crippen LogP contribution >= 0.6 is 11.8 Å². The van der Waals surface area contributed by atoms with Crippen LogP contribution in [0.3, 0.4) is 0 Å². The first kappa shape index (κ1) is 21.6. The molecule has 0 radical (unpaired) electrons.